The number of rotatable bonds is 6. The second kappa shape index (κ2) is 7.16. The van der Waals surface area contributed by atoms with Crippen LogP contribution in [-0.4, -0.2) is 12.6 Å². The number of allylic oxidation sites excluding steroid dienone is 1. The maximum atomic E-state index is 12.1. The molecule has 3 heteroatoms. The van der Waals surface area contributed by atoms with Gasteiger partial charge in [-0.1, -0.05) is 30.2 Å². The van der Waals surface area contributed by atoms with Gasteiger partial charge in [0.25, 0.3) is 0 Å². The van der Waals surface area contributed by atoms with E-state index in [2.05, 4.69) is 18.6 Å². The zero-order chi connectivity index (χ0) is 15.0. The quantitative estimate of drug-likeness (QED) is 0.452. The van der Waals surface area contributed by atoms with Crippen LogP contribution in [0.3, 0.4) is 0 Å². The molecule has 0 amide bonds. The number of carbonyl (C=O) groups is 1. The number of hydrogen-bond donors (Lipinski definition) is 0. The van der Waals surface area contributed by atoms with Gasteiger partial charge in [-0.3, -0.25) is 4.79 Å². The molecule has 102 valence electrons. The molecule has 1 atom stereocenters. The first kappa shape index (κ1) is 15.5. The summed E-state index contributed by atoms with van der Waals surface area (Å²) in [7, 11) is 0. The van der Waals surface area contributed by atoms with Gasteiger partial charge in [0.05, 0.1) is 12.7 Å². The smallest absolute Gasteiger partial charge is 0.327 e. The molecule has 0 saturated heterocycles. The molecular weight excluding hydrogens is 250 g/mol. The number of nitriles is 1. The van der Waals surface area contributed by atoms with Gasteiger partial charge in [0, 0.05) is 12.0 Å². The average molecular weight is 267 g/mol. The summed E-state index contributed by atoms with van der Waals surface area (Å²) in [6, 6.07) is 9.35. The van der Waals surface area contributed by atoms with E-state index in [4.69, 9.17) is 11.2 Å². The molecule has 20 heavy (non-hydrogen) atoms. The first-order valence-electron chi connectivity index (χ1n) is 6.37. The van der Waals surface area contributed by atoms with Crippen molar-refractivity contribution in [2.45, 2.75) is 19.8 Å². The second-order valence-corrected chi connectivity index (χ2v) is 4.39. The fourth-order valence-electron chi connectivity index (χ4n) is 2.01. The first-order valence-corrected chi connectivity index (χ1v) is 6.37. The number of nitrogens with zero attached hydrogens (tertiary/aromatic N) is 1. The fraction of sp³-hybridized carbons (Fsp3) is 0.294. The van der Waals surface area contributed by atoms with Gasteiger partial charge in [0.15, 0.2) is 5.41 Å². The van der Waals surface area contributed by atoms with Crippen LogP contribution in [0.4, 0.5) is 0 Å². The molecule has 0 saturated carbocycles. The Hall–Kier alpha value is -2.52. The van der Waals surface area contributed by atoms with Crippen molar-refractivity contribution in [2.75, 3.05) is 6.61 Å². The zero-order valence-electron chi connectivity index (χ0n) is 11.6. The maximum Gasteiger partial charge on any atom is 0.327 e. The Labute approximate surface area is 119 Å². The van der Waals surface area contributed by atoms with Crippen molar-refractivity contribution >= 4 is 5.97 Å². The average Bonchev–Trinajstić information content (AvgIpc) is 2.47. The summed E-state index contributed by atoms with van der Waals surface area (Å²) in [5.74, 6) is 2.03. The number of esters is 1. The standard InChI is InChI=1S/C17H17NO2/c1-4-11-17(13-18,16(19)20-6-3)12-15-10-8-7-9-14(15)5-2/h2,4,7-10H,1,6,11-12H2,3H3. The molecule has 0 bridgehead atoms. The van der Waals surface area contributed by atoms with E-state index in [1.807, 2.05) is 18.2 Å². The van der Waals surface area contributed by atoms with Crippen LogP contribution in [0.1, 0.15) is 24.5 Å². The third-order valence-electron chi connectivity index (χ3n) is 3.04. The zero-order valence-corrected chi connectivity index (χ0v) is 11.6. The highest BCUT2D eigenvalue weighted by molar-refractivity contribution is 5.81. The predicted octanol–water partition coefficient (Wildman–Crippen LogP) is 2.86. The first-order chi connectivity index (χ1) is 9.63. The van der Waals surface area contributed by atoms with Crippen LogP contribution in [-0.2, 0) is 16.0 Å². The molecule has 0 aliphatic rings. The Balaban J connectivity index is 3.20. The van der Waals surface area contributed by atoms with E-state index < -0.39 is 11.4 Å². The molecule has 0 radical (unpaired) electrons. The summed E-state index contributed by atoms with van der Waals surface area (Å²) in [5, 5.41) is 9.48. The third kappa shape index (κ3) is 3.28. The Morgan fingerprint density at radius 1 is 1.55 bits per heavy atom. The lowest BCUT2D eigenvalue weighted by molar-refractivity contribution is -0.151. The molecular formula is C17H17NO2. The molecule has 0 fully saturated rings. The molecule has 0 aliphatic heterocycles. The van der Waals surface area contributed by atoms with Gasteiger partial charge in [-0.05, 0) is 25.0 Å². The monoisotopic (exact) mass is 267 g/mol. The molecule has 0 spiro atoms. The van der Waals surface area contributed by atoms with Gasteiger partial charge >= 0.3 is 5.97 Å². The topological polar surface area (TPSA) is 50.1 Å². The molecule has 3 nitrogen and oxygen atoms in total. The lowest BCUT2D eigenvalue weighted by Gasteiger charge is -2.23. The van der Waals surface area contributed by atoms with Crippen LogP contribution in [0.2, 0.25) is 0 Å². The number of carbonyl (C=O) groups excluding carboxylic acids is 1. The summed E-state index contributed by atoms with van der Waals surface area (Å²) < 4.78 is 5.04. The number of benzene rings is 1. The van der Waals surface area contributed by atoms with Gasteiger partial charge in [0.2, 0.25) is 0 Å². The van der Waals surface area contributed by atoms with Crippen molar-refractivity contribution in [3.05, 3.63) is 48.0 Å². The Bertz CT molecular complexity index is 577. The highest BCUT2D eigenvalue weighted by Gasteiger charge is 2.39. The molecule has 1 unspecified atom stereocenters. The van der Waals surface area contributed by atoms with Crippen LogP contribution in [0.25, 0.3) is 0 Å². The Kier molecular flexibility index (Phi) is 5.56. The van der Waals surface area contributed by atoms with E-state index in [0.29, 0.717) is 5.56 Å². The largest absolute Gasteiger partial charge is 0.465 e. The molecule has 0 heterocycles. The minimum absolute atomic E-state index is 0.217. The van der Waals surface area contributed by atoms with Crippen molar-refractivity contribution in [1.29, 1.82) is 5.26 Å². The number of hydrogen-bond acceptors (Lipinski definition) is 3. The highest BCUT2D eigenvalue weighted by Crippen LogP contribution is 2.30. The van der Waals surface area contributed by atoms with Gasteiger partial charge in [-0.25, -0.2) is 0 Å². The summed E-state index contributed by atoms with van der Waals surface area (Å²) in [5.41, 5.74) is 0.192. The predicted molar refractivity (Wildman–Crippen MR) is 77.6 cm³/mol. The van der Waals surface area contributed by atoms with Gasteiger partial charge < -0.3 is 4.74 Å². The van der Waals surface area contributed by atoms with E-state index in [1.165, 1.54) is 0 Å². The van der Waals surface area contributed by atoms with Crippen molar-refractivity contribution in [1.82, 2.24) is 0 Å². The van der Waals surface area contributed by atoms with Crippen LogP contribution in [0.15, 0.2) is 36.9 Å². The van der Waals surface area contributed by atoms with Crippen LogP contribution in [0.5, 0.6) is 0 Å². The minimum atomic E-state index is -1.27. The van der Waals surface area contributed by atoms with Gasteiger partial charge in [0.1, 0.15) is 0 Å². The molecule has 0 N–H and O–H groups in total. The van der Waals surface area contributed by atoms with Crippen molar-refractivity contribution in [3.8, 4) is 18.4 Å². The maximum absolute atomic E-state index is 12.1. The SMILES string of the molecule is C#Cc1ccccc1CC(C#N)(CC=C)C(=O)OCC. The van der Waals surface area contributed by atoms with E-state index >= 15 is 0 Å². The van der Waals surface area contributed by atoms with Gasteiger partial charge in [-0.2, -0.15) is 5.26 Å². The Morgan fingerprint density at radius 3 is 2.80 bits per heavy atom. The summed E-state index contributed by atoms with van der Waals surface area (Å²) in [6.45, 7) is 5.56. The Morgan fingerprint density at radius 2 is 2.25 bits per heavy atom. The van der Waals surface area contributed by atoms with E-state index in [1.54, 1.807) is 19.1 Å². The molecule has 0 aliphatic carbocycles. The van der Waals surface area contributed by atoms with Crippen molar-refractivity contribution in [3.63, 3.8) is 0 Å². The summed E-state index contributed by atoms with van der Waals surface area (Å²) >= 11 is 0. The fourth-order valence-corrected chi connectivity index (χ4v) is 2.01. The van der Waals surface area contributed by atoms with Crippen LogP contribution < -0.4 is 0 Å². The second-order valence-electron chi connectivity index (χ2n) is 4.39. The minimum Gasteiger partial charge on any atom is -0.465 e. The summed E-state index contributed by atoms with van der Waals surface area (Å²) in [4.78, 5) is 12.1. The summed E-state index contributed by atoms with van der Waals surface area (Å²) in [6.07, 6.45) is 7.45. The van der Waals surface area contributed by atoms with Crippen molar-refractivity contribution in [2.24, 2.45) is 5.41 Å². The third-order valence-corrected chi connectivity index (χ3v) is 3.04. The van der Waals surface area contributed by atoms with E-state index in [0.717, 1.165) is 5.56 Å². The number of ether oxygens (including phenoxy) is 1. The molecule has 1 aromatic carbocycles. The molecule has 1 rings (SSSR count). The highest BCUT2D eigenvalue weighted by atomic mass is 16.5. The lowest BCUT2D eigenvalue weighted by Crippen LogP contribution is -2.33. The number of terminal acetylenes is 1. The van der Waals surface area contributed by atoms with E-state index in [-0.39, 0.29) is 19.4 Å². The normalized spacial score (nSPS) is 12.6. The van der Waals surface area contributed by atoms with E-state index in [9.17, 15) is 10.1 Å². The molecule has 1 aromatic rings. The lowest BCUT2D eigenvalue weighted by atomic mass is 9.79. The van der Waals surface area contributed by atoms with Crippen LogP contribution >= 0.6 is 0 Å². The molecule has 0 aromatic heterocycles. The van der Waals surface area contributed by atoms with Crippen LogP contribution in [0, 0.1) is 29.1 Å². The van der Waals surface area contributed by atoms with Gasteiger partial charge in [-0.15, -0.1) is 13.0 Å². The van der Waals surface area contributed by atoms with Crippen molar-refractivity contribution < 1.29 is 9.53 Å².